The number of aryl methyl sites for hydroxylation is 1. The molecule has 3 amide bonds. The van der Waals surface area contributed by atoms with Gasteiger partial charge >= 0.3 is 0 Å². The van der Waals surface area contributed by atoms with E-state index >= 15 is 0 Å². The van der Waals surface area contributed by atoms with Crippen LogP contribution < -0.4 is 10.2 Å². The number of carbonyl (C=O) groups is 3. The largest absolute Gasteiger partial charge is 0.347 e. The Hall–Kier alpha value is -3.36. The van der Waals surface area contributed by atoms with E-state index in [1.165, 1.54) is 19.1 Å². The zero-order valence-electron chi connectivity index (χ0n) is 18.2. The number of hydrogen-bond donors (Lipinski definition) is 1. The lowest BCUT2D eigenvalue weighted by Crippen LogP contribution is -2.40. The molecule has 1 fully saturated rings. The summed E-state index contributed by atoms with van der Waals surface area (Å²) in [4.78, 5) is 49.4. The fourth-order valence-electron chi connectivity index (χ4n) is 4.32. The highest BCUT2D eigenvalue weighted by Gasteiger charge is 2.35. The van der Waals surface area contributed by atoms with Crippen molar-refractivity contribution in [1.29, 1.82) is 0 Å². The maximum atomic E-state index is 13.3. The molecule has 3 heterocycles. The summed E-state index contributed by atoms with van der Waals surface area (Å²) in [6, 6.07) is 5.76. The van der Waals surface area contributed by atoms with Gasteiger partial charge in [-0.1, -0.05) is 12.1 Å². The Labute approximate surface area is 185 Å². The van der Waals surface area contributed by atoms with Crippen molar-refractivity contribution in [3.8, 4) is 0 Å². The van der Waals surface area contributed by atoms with Gasteiger partial charge in [0.25, 0.3) is 0 Å². The van der Waals surface area contributed by atoms with Crippen LogP contribution in [0.2, 0.25) is 0 Å². The Kier molecular flexibility index (Phi) is 6.16. The molecule has 2 aromatic rings. The Bertz CT molecular complexity index is 1060. The van der Waals surface area contributed by atoms with Gasteiger partial charge in [0.2, 0.25) is 17.7 Å². The predicted molar refractivity (Wildman–Crippen MR) is 115 cm³/mol. The second-order valence-electron chi connectivity index (χ2n) is 8.23. The first-order chi connectivity index (χ1) is 15.3. The van der Waals surface area contributed by atoms with Crippen molar-refractivity contribution in [3.05, 3.63) is 52.7 Å². The van der Waals surface area contributed by atoms with Crippen LogP contribution in [-0.4, -0.2) is 45.7 Å². The number of hydrogen-bond acceptors (Lipinski definition) is 5. The van der Waals surface area contributed by atoms with Crippen LogP contribution in [0.15, 0.2) is 24.3 Å². The van der Waals surface area contributed by atoms with E-state index in [4.69, 9.17) is 9.97 Å². The predicted octanol–water partition coefficient (Wildman–Crippen LogP) is 2.20. The molecule has 168 valence electrons. The van der Waals surface area contributed by atoms with Gasteiger partial charge in [-0.2, -0.15) is 0 Å². The molecular weight excluding hydrogens is 413 g/mol. The number of anilines is 1. The van der Waals surface area contributed by atoms with Gasteiger partial charge in [0.15, 0.2) is 5.82 Å². The van der Waals surface area contributed by atoms with E-state index in [-0.39, 0.29) is 42.7 Å². The van der Waals surface area contributed by atoms with Crippen molar-refractivity contribution in [1.82, 2.24) is 20.2 Å². The molecule has 0 aliphatic carbocycles. The van der Waals surface area contributed by atoms with Crippen LogP contribution in [0.1, 0.15) is 54.9 Å². The van der Waals surface area contributed by atoms with Crippen molar-refractivity contribution in [3.63, 3.8) is 0 Å². The quantitative estimate of drug-likeness (QED) is 0.771. The number of carbonyl (C=O) groups excluding carboxylic acids is 3. The standard InChI is InChI=1S/C23H26FN5O3/c1-14-18-9-10-20(31)29(13-16-5-7-17(24)8-6-16)23(18)27-22(26-14)19-4-3-11-28(19)21(32)12-25-15(2)30/h5-8,19H,3-4,9-13H2,1-2H3,(H,25,30)/t19-/m1/s1. The normalized spacial score (nSPS) is 18.0. The molecule has 1 saturated heterocycles. The Balaban J connectivity index is 1.64. The van der Waals surface area contributed by atoms with E-state index in [9.17, 15) is 18.8 Å². The monoisotopic (exact) mass is 439 g/mol. The molecule has 0 unspecified atom stereocenters. The van der Waals surface area contributed by atoms with Crippen molar-refractivity contribution >= 4 is 23.5 Å². The first-order valence-electron chi connectivity index (χ1n) is 10.8. The second-order valence-corrected chi connectivity index (χ2v) is 8.23. The minimum atomic E-state index is -0.329. The number of amides is 3. The highest BCUT2D eigenvalue weighted by molar-refractivity contribution is 5.95. The van der Waals surface area contributed by atoms with E-state index in [1.807, 2.05) is 6.92 Å². The Morgan fingerprint density at radius 3 is 2.66 bits per heavy atom. The number of rotatable bonds is 5. The van der Waals surface area contributed by atoms with Gasteiger partial charge in [0.05, 0.1) is 19.1 Å². The fraction of sp³-hybridized carbons (Fsp3) is 0.435. The van der Waals surface area contributed by atoms with E-state index < -0.39 is 0 Å². The Morgan fingerprint density at radius 2 is 1.94 bits per heavy atom. The van der Waals surface area contributed by atoms with Gasteiger partial charge < -0.3 is 10.2 Å². The van der Waals surface area contributed by atoms with Crippen LogP contribution in [0.5, 0.6) is 0 Å². The van der Waals surface area contributed by atoms with Crippen molar-refractivity contribution in [2.45, 2.75) is 52.1 Å². The SMILES string of the molecule is CC(=O)NCC(=O)N1CCC[C@@H]1c1nc(C)c2c(n1)N(Cc1ccc(F)cc1)C(=O)CC2. The summed E-state index contributed by atoms with van der Waals surface area (Å²) in [7, 11) is 0. The summed E-state index contributed by atoms with van der Waals surface area (Å²) < 4.78 is 13.3. The number of benzene rings is 1. The van der Waals surface area contributed by atoms with E-state index in [1.54, 1.807) is 21.9 Å². The number of likely N-dealkylation sites (tertiary alicyclic amines) is 1. The first kappa shape index (κ1) is 21.9. The average molecular weight is 439 g/mol. The number of nitrogens with one attached hydrogen (secondary N) is 1. The maximum absolute atomic E-state index is 13.3. The molecule has 2 aliphatic rings. The fourth-order valence-corrected chi connectivity index (χ4v) is 4.32. The van der Waals surface area contributed by atoms with Gasteiger partial charge in [0, 0.05) is 31.1 Å². The number of nitrogens with zero attached hydrogens (tertiary/aromatic N) is 4. The van der Waals surface area contributed by atoms with Crippen LogP contribution in [0.4, 0.5) is 10.2 Å². The smallest absolute Gasteiger partial charge is 0.242 e. The average Bonchev–Trinajstić information content (AvgIpc) is 3.25. The lowest BCUT2D eigenvalue weighted by molar-refractivity contribution is -0.133. The zero-order chi connectivity index (χ0) is 22.8. The molecular formula is C23H26FN5O3. The molecule has 0 radical (unpaired) electrons. The number of aromatic nitrogens is 2. The minimum absolute atomic E-state index is 0.0455. The molecule has 0 spiro atoms. The molecule has 1 atom stereocenters. The van der Waals surface area contributed by atoms with E-state index in [2.05, 4.69) is 5.32 Å². The summed E-state index contributed by atoms with van der Waals surface area (Å²) in [5, 5.41) is 2.55. The van der Waals surface area contributed by atoms with Gasteiger partial charge in [-0.25, -0.2) is 14.4 Å². The molecule has 9 heteroatoms. The van der Waals surface area contributed by atoms with Crippen molar-refractivity contribution in [2.75, 3.05) is 18.0 Å². The molecule has 0 saturated carbocycles. The topological polar surface area (TPSA) is 95.5 Å². The molecule has 1 aromatic heterocycles. The third-order valence-corrected chi connectivity index (χ3v) is 5.97. The Morgan fingerprint density at radius 1 is 1.19 bits per heavy atom. The molecule has 8 nitrogen and oxygen atoms in total. The van der Waals surface area contributed by atoms with Gasteiger partial charge in [-0.05, 0) is 43.9 Å². The van der Waals surface area contributed by atoms with Crippen LogP contribution in [0, 0.1) is 12.7 Å². The molecule has 1 aromatic carbocycles. The third kappa shape index (κ3) is 4.46. The van der Waals surface area contributed by atoms with E-state index in [0.29, 0.717) is 31.0 Å². The van der Waals surface area contributed by atoms with Crippen LogP contribution in [-0.2, 0) is 27.3 Å². The lowest BCUT2D eigenvalue weighted by Gasteiger charge is -2.31. The molecule has 0 bridgehead atoms. The first-order valence-corrected chi connectivity index (χ1v) is 10.8. The van der Waals surface area contributed by atoms with Crippen LogP contribution in [0.25, 0.3) is 0 Å². The van der Waals surface area contributed by atoms with Crippen molar-refractivity contribution in [2.24, 2.45) is 0 Å². The lowest BCUT2D eigenvalue weighted by atomic mass is 10.0. The molecule has 1 N–H and O–H groups in total. The highest BCUT2D eigenvalue weighted by atomic mass is 19.1. The van der Waals surface area contributed by atoms with Crippen LogP contribution in [0.3, 0.4) is 0 Å². The minimum Gasteiger partial charge on any atom is -0.347 e. The summed E-state index contributed by atoms with van der Waals surface area (Å²) >= 11 is 0. The second kappa shape index (κ2) is 9.02. The van der Waals surface area contributed by atoms with Gasteiger partial charge in [-0.3, -0.25) is 19.3 Å². The highest BCUT2D eigenvalue weighted by Crippen LogP contribution is 2.35. The summed E-state index contributed by atoms with van der Waals surface area (Å²) in [5.41, 5.74) is 2.52. The van der Waals surface area contributed by atoms with Gasteiger partial charge in [0.1, 0.15) is 11.6 Å². The molecule has 4 rings (SSSR count). The van der Waals surface area contributed by atoms with E-state index in [0.717, 1.165) is 29.7 Å². The summed E-state index contributed by atoms with van der Waals surface area (Å²) in [6.45, 7) is 4.06. The van der Waals surface area contributed by atoms with Gasteiger partial charge in [-0.15, -0.1) is 0 Å². The zero-order valence-corrected chi connectivity index (χ0v) is 18.2. The number of fused-ring (bicyclic) bond motifs is 1. The molecule has 2 aliphatic heterocycles. The third-order valence-electron chi connectivity index (χ3n) is 5.97. The maximum Gasteiger partial charge on any atom is 0.242 e. The summed E-state index contributed by atoms with van der Waals surface area (Å²) in [5.74, 6) is 0.259. The number of halogens is 1. The summed E-state index contributed by atoms with van der Waals surface area (Å²) in [6.07, 6.45) is 2.46. The van der Waals surface area contributed by atoms with Crippen molar-refractivity contribution < 1.29 is 18.8 Å². The molecule has 32 heavy (non-hydrogen) atoms. The van der Waals surface area contributed by atoms with Crippen LogP contribution >= 0.6 is 0 Å².